The summed E-state index contributed by atoms with van der Waals surface area (Å²) in [5, 5.41) is 10.8. The van der Waals surface area contributed by atoms with Crippen molar-refractivity contribution in [1.29, 1.82) is 0 Å². The molecule has 2 N–H and O–H groups in total. The molecule has 1 heterocycles. The van der Waals surface area contributed by atoms with Gasteiger partial charge in [0.15, 0.2) is 17.3 Å². The first-order valence-corrected chi connectivity index (χ1v) is 4.44. The van der Waals surface area contributed by atoms with E-state index in [1.54, 1.807) is 0 Å². The quantitative estimate of drug-likeness (QED) is 0.454. The number of fused-ring (bicyclic) bond motifs is 1. The topological polar surface area (TPSA) is 105 Å². The van der Waals surface area contributed by atoms with Crippen LogP contribution in [0.5, 0.6) is 11.5 Å². The largest absolute Gasteiger partial charge is 0.454 e. The van der Waals surface area contributed by atoms with Crippen LogP contribution in [0.4, 0.5) is 5.69 Å². The number of carbonyl (C=O) groups excluding carboxylic acids is 1. The van der Waals surface area contributed by atoms with Crippen molar-refractivity contribution < 1.29 is 19.2 Å². The Labute approximate surface area is 89.9 Å². The molecule has 0 aromatic heterocycles. The summed E-state index contributed by atoms with van der Waals surface area (Å²) in [5.41, 5.74) is 4.80. The number of nitro benzene ring substituents is 1. The van der Waals surface area contributed by atoms with Crippen LogP contribution < -0.4 is 15.2 Å². The number of carbonyl (C=O) groups is 1. The van der Waals surface area contributed by atoms with Crippen molar-refractivity contribution in [2.24, 2.45) is 5.73 Å². The van der Waals surface area contributed by atoms with Gasteiger partial charge in [-0.2, -0.15) is 0 Å². The molecule has 0 saturated heterocycles. The summed E-state index contributed by atoms with van der Waals surface area (Å²) in [6.45, 7) is -0.298. The lowest BCUT2D eigenvalue weighted by Gasteiger charge is -2.02. The van der Waals surface area contributed by atoms with Crippen LogP contribution in [0.3, 0.4) is 0 Å². The molecule has 0 atom stereocenters. The first-order valence-electron chi connectivity index (χ1n) is 4.44. The number of nitrogens with two attached hydrogens (primary N) is 1. The van der Waals surface area contributed by atoms with Crippen LogP contribution in [0.25, 0.3) is 0 Å². The van der Waals surface area contributed by atoms with Gasteiger partial charge in [0.05, 0.1) is 17.5 Å². The Morgan fingerprint density at radius 3 is 2.62 bits per heavy atom. The summed E-state index contributed by atoms with van der Waals surface area (Å²) < 4.78 is 10.0. The fourth-order valence-corrected chi connectivity index (χ4v) is 1.42. The van der Waals surface area contributed by atoms with Crippen LogP contribution in [0.15, 0.2) is 12.1 Å². The molecule has 1 aliphatic rings. The molecule has 0 fully saturated rings. The Morgan fingerprint density at radius 2 is 2.06 bits per heavy atom. The van der Waals surface area contributed by atoms with Crippen LogP contribution in [-0.2, 0) is 0 Å². The molecule has 1 aromatic carbocycles. The number of hydrogen-bond donors (Lipinski definition) is 1. The molecular formula is C9H8N2O5. The van der Waals surface area contributed by atoms with Crippen LogP contribution in [0, 0.1) is 10.1 Å². The van der Waals surface area contributed by atoms with Crippen LogP contribution in [-0.4, -0.2) is 24.0 Å². The second kappa shape index (κ2) is 3.78. The lowest BCUT2D eigenvalue weighted by Crippen LogP contribution is -2.15. The molecule has 0 radical (unpaired) electrons. The first kappa shape index (κ1) is 10.4. The van der Waals surface area contributed by atoms with Crippen molar-refractivity contribution in [1.82, 2.24) is 0 Å². The maximum Gasteiger partial charge on any atom is 0.284 e. The highest BCUT2D eigenvalue weighted by Crippen LogP contribution is 2.37. The molecule has 1 aromatic rings. The molecule has 0 aliphatic carbocycles. The number of hydrogen-bond acceptors (Lipinski definition) is 6. The van der Waals surface area contributed by atoms with Gasteiger partial charge in [-0.3, -0.25) is 14.9 Å². The monoisotopic (exact) mass is 224 g/mol. The van der Waals surface area contributed by atoms with Crippen LogP contribution in [0.2, 0.25) is 0 Å². The Kier molecular flexibility index (Phi) is 2.45. The van der Waals surface area contributed by atoms with E-state index in [1.807, 2.05) is 0 Å². The Bertz CT molecular complexity index is 471. The minimum Gasteiger partial charge on any atom is -0.454 e. The van der Waals surface area contributed by atoms with Gasteiger partial charge < -0.3 is 15.2 Å². The Balaban J connectivity index is 2.57. The minimum atomic E-state index is -0.648. The summed E-state index contributed by atoms with van der Waals surface area (Å²) in [7, 11) is 0. The number of Topliss-reactive ketones (excluding diaryl/α,β-unsaturated/α-hetero) is 1. The summed E-state index contributed by atoms with van der Waals surface area (Å²) >= 11 is 0. The van der Waals surface area contributed by atoms with Crippen LogP contribution >= 0.6 is 0 Å². The van der Waals surface area contributed by atoms with Crippen molar-refractivity contribution in [2.75, 3.05) is 13.3 Å². The number of nitro groups is 1. The van der Waals surface area contributed by atoms with E-state index < -0.39 is 10.7 Å². The third-order valence-corrected chi connectivity index (χ3v) is 2.17. The van der Waals surface area contributed by atoms with Gasteiger partial charge in [0.2, 0.25) is 6.79 Å². The molecule has 16 heavy (non-hydrogen) atoms. The predicted molar refractivity (Wildman–Crippen MR) is 52.6 cm³/mol. The molecule has 0 amide bonds. The number of ketones is 1. The average molecular weight is 224 g/mol. The Hall–Kier alpha value is -2.15. The molecule has 7 nitrogen and oxygen atoms in total. The van der Waals surface area contributed by atoms with Gasteiger partial charge in [-0.25, -0.2) is 0 Å². The second-order valence-corrected chi connectivity index (χ2v) is 3.11. The number of rotatable bonds is 3. The molecule has 1 aliphatic heterocycles. The van der Waals surface area contributed by atoms with Gasteiger partial charge in [0, 0.05) is 6.07 Å². The summed E-state index contributed by atoms with van der Waals surface area (Å²) in [4.78, 5) is 21.5. The molecule has 0 saturated carbocycles. The minimum absolute atomic E-state index is 0.00719. The van der Waals surface area contributed by atoms with E-state index in [2.05, 4.69) is 0 Å². The maximum atomic E-state index is 11.4. The smallest absolute Gasteiger partial charge is 0.284 e. The highest BCUT2D eigenvalue weighted by Gasteiger charge is 2.26. The summed E-state index contributed by atoms with van der Waals surface area (Å²) in [6, 6.07) is 2.46. The van der Waals surface area contributed by atoms with E-state index in [-0.39, 0.29) is 30.3 Å². The zero-order chi connectivity index (χ0) is 11.7. The predicted octanol–water partition coefficient (Wildman–Crippen LogP) is 0.465. The van der Waals surface area contributed by atoms with E-state index in [0.29, 0.717) is 5.75 Å². The molecule has 84 valence electrons. The summed E-state index contributed by atoms with van der Waals surface area (Å²) in [5.74, 6) is 0.0765. The Morgan fingerprint density at radius 1 is 1.44 bits per heavy atom. The first-order chi connectivity index (χ1) is 7.63. The maximum absolute atomic E-state index is 11.4. The molecule has 0 bridgehead atoms. The van der Waals surface area contributed by atoms with Gasteiger partial charge in [-0.05, 0) is 0 Å². The fourth-order valence-electron chi connectivity index (χ4n) is 1.42. The standard InChI is InChI=1S/C9H8N2O5/c10-3-7(12)5-1-8-9(16-4-15-8)2-6(5)11(13)14/h1-2H,3-4,10H2. The molecule has 0 spiro atoms. The van der Waals surface area contributed by atoms with E-state index in [9.17, 15) is 14.9 Å². The van der Waals surface area contributed by atoms with Crippen molar-refractivity contribution in [3.8, 4) is 11.5 Å². The zero-order valence-electron chi connectivity index (χ0n) is 8.13. The number of benzene rings is 1. The van der Waals surface area contributed by atoms with Gasteiger partial charge in [-0.15, -0.1) is 0 Å². The highest BCUT2D eigenvalue weighted by molar-refractivity contribution is 6.01. The zero-order valence-corrected chi connectivity index (χ0v) is 8.13. The third-order valence-electron chi connectivity index (χ3n) is 2.17. The van der Waals surface area contributed by atoms with E-state index in [1.165, 1.54) is 12.1 Å². The fraction of sp³-hybridized carbons (Fsp3) is 0.222. The lowest BCUT2D eigenvalue weighted by atomic mass is 10.1. The molecule has 7 heteroatoms. The molecule has 0 unspecified atom stereocenters. The van der Waals surface area contributed by atoms with Gasteiger partial charge >= 0.3 is 0 Å². The molecule has 2 rings (SSSR count). The van der Waals surface area contributed by atoms with Gasteiger partial charge in [0.1, 0.15) is 5.56 Å². The van der Waals surface area contributed by atoms with E-state index >= 15 is 0 Å². The van der Waals surface area contributed by atoms with Crippen molar-refractivity contribution in [3.63, 3.8) is 0 Å². The van der Waals surface area contributed by atoms with Crippen molar-refractivity contribution >= 4 is 11.5 Å². The van der Waals surface area contributed by atoms with Crippen molar-refractivity contribution in [3.05, 3.63) is 27.8 Å². The second-order valence-electron chi connectivity index (χ2n) is 3.11. The third kappa shape index (κ3) is 1.57. The highest BCUT2D eigenvalue weighted by atomic mass is 16.7. The normalized spacial score (nSPS) is 12.6. The van der Waals surface area contributed by atoms with Crippen LogP contribution in [0.1, 0.15) is 10.4 Å². The number of nitrogens with zero attached hydrogens (tertiary/aromatic N) is 1. The van der Waals surface area contributed by atoms with Crippen molar-refractivity contribution in [2.45, 2.75) is 0 Å². The van der Waals surface area contributed by atoms with Gasteiger partial charge in [-0.1, -0.05) is 0 Å². The lowest BCUT2D eigenvalue weighted by molar-refractivity contribution is -0.385. The average Bonchev–Trinajstić information content (AvgIpc) is 2.73. The van der Waals surface area contributed by atoms with Gasteiger partial charge in [0.25, 0.3) is 5.69 Å². The number of ether oxygens (including phenoxy) is 2. The summed E-state index contributed by atoms with van der Waals surface area (Å²) in [6.07, 6.45) is 0. The van der Waals surface area contributed by atoms with E-state index in [4.69, 9.17) is 15.2 Å². The van der Waals surface area contributed by atoms with E-state index in [0.717, 1.165) is 0 Å². The SMILES string of the molecule is NCC(=O)c1cc2c(cc1[N+](=O)[O-])OCO2. The molecular weight excluding hydrogens is 216 g/mol.